The molecule has 108 valence electrons. The zero-order valence-corrected chi connectivity index (χ0v) is 12.5. The zero-order chi connectivity index (χ0) is 15.1. The van der Waals surface area contributed by atoms with E-state index in [1.807, 2.05) is 12.1 Å². The van der Waals surface area contributed by atoms with E-state index in [1.54, 1.807) is 24.3 Å². The summed E-state index contributed by atoms with van der Waals surface area (Å²) >= 11 is 7.17. The van der Waals surface area contributed by atoms with Gasteiger partial charge in [-0.25, -0.2) is 9.82 Å². The highest BCUT2D eigenvalue weighted by Crippen LogP contribution is 2.19. The van der Waals surface area contributed by atoms with Crippen LogP contribution >= 0.6 is 23.4 Å². The maximum atomic E-state index is 12.7. The monoisotopic (exact) mass is 322 g/mol. The van der Waals surface area contributed by atoms with Crippen molar-refractivity contribution in [2.45, 2.75) is 4.90 Å². The normalized spacial score (nSPS) is 10.8. The number of benzene rings is 2. The minimum Gasteiger partial charge on any atom is -0.272 e. The third kappa shape index (κ3) is 5.57. The Labute approximate surface area is 131 Å². The Morgan fingerprint density at radius 2 is 1.86 bits per heavy atom. The van der Waals surface area contributed by atoms with Crippen LogP contribution in [0.25, 0.3) is 0 Å². The molecule has 0 saturated heterocycles. The quantitative estimate of drug-likeness (QED) is 0.518. The summed E-state index contributed by atoms with van der Waals surface area (Å²) in [4.78, 5) is 12.6. The molecule has 0 bridgehead atoms. The van der Waals surface area contributed by atoms with Crippen molar-refractivity contribution in [2.24, 2.45) is 5.10 Å². The summed E-state index contributed by atoms with van der Waals surface area (Å²) in [7, 11) is 0. The first-order chi connectivity index (χ1) is 10.1. The lowest BCUT2D eigenvalue weighted by Gasteiger charge is -2.01. The highest BCUT2D eigenvalue weighted by atomic mass is 35.5. The van der Waals surface area contributed by atoms with E-state index in [0.717, 1.165) is 4.90 Å². The first-order valence-electron chi connectivity index (χ1n) is 6.09. The van der Waals surface area contributed by atoms with Gasteiger partial charge in [0.2, 0.25) is 5.91 Å². The molecule has 0 radical (unpaired) electrons. The van der Waals surface area contributed by atoms with Crippen molar-refractivity contribution in [1.82, 2.24) is 5.43 Å². The van der Waals surface area contributed by atoms with Gasteiger partial charge in [-0.15, -0.1) is 11.8 Å². The molecule has 2 aromatic rings. The molecule has 0 fully saturated rings. The lowest BCUT2D eigenvalue weighted by molar-refractivity contribution is -0.118. The van der Waals surface area contributed by atoms with Crippen LogP contribution in [0, 0.1) is 5.82 Å². The Hall–Kier alpha value is -1.85. The fourth-order valence-corrected chi connectivity index (χ4v) is 2.26. The maximum Gasteiger partial charge on any atom is 0.250 e. The Kier molecular flexibility index (Phi) is 5.78. The van der Waals surface area contributed by atoms with Crippen LogP contribution in [0.2, 0.25) is 5.02 Å². The maximum absolute atomic E-state index is 12.7. The van der Waals surface area contributed by atoms with E-state index >= 15 is 0 Å². The summed E-state index contributed by atoms with van der Waals surface area (Å²) in [6.45, 7) is 0. The molecular weight excluding hydrogens is 311 g/mol. The van der Waals surface area contributed by atoms with Crippen molar-refractivity contribution < 1.29 is 9.18 Å². The molecule has 0 heterocycles. The molecular formula is C15H12ClFN2OS. The van der Waals surface area contributed by atoms with Gasteiger partial charge in [-0.1, -0.05) is 23.7 Å². The molecule has 3 nitrogen and oxygen atoms in total. The number of hydrogen-bond acceptors (Lipinski definition) is 3. The smallest absolute Gasteiger partial charge is 0.250 e. The van der Waals surface area contributed by atoms with Crippen LogP contribution in [0.5, 0.6) is 0 Å². The van der Waals surface area contributed by atoms with Crippen molar-refractivity contribution in [3.05, 3.63) is 64.9 Å². The Balaban J connectivity index is 1.77. The molecule has 2 aromatic carbocycles. The topological polar surface area (TPSA) is 41.5 Å². The highest BCUT2D eigenvalue weighted by Gasteiger charge is 2.01. The molecule has 0 aliphatic rings. The molecule has 0 aromatic heterocycles. The number of amides is 1. The summed E-state index contributed by atoms with van der Waals surface area (Å²) in [5, 5.41) is 4.48. The SMILES string of the molecule is O=C(CSc1ccc(Cl)cc1)N/N=C/c1ccc(F)cc1. The van der Waals surface area contributed by atoms with E-state index in [1.165, 1.54) is 30.1 Å². The number of thioether (sulfide) groups is 1. The van der Waals surface area contributed by atoms with Crippen LogP contribution in [0.1, 0.15) is 5.56 Å². The molecule has 0 atom stereocenters. The summed E-state index contributed by atoms with van der Waals surface area (Å²) in [5.41, 5.74) is 3.13. The van der Waals surface area contributed by atoms with Crippen LogP contribution in [-0.4, -0.2) is 17.9 Å². The van der Waals surface area contributed by atoms with Crippen LogP contribution in [0.4, 0.5) is 4.39 Å². The lowest BCUT2D eigenvalue weighted by Crippen LogP contribution is -2.19. The fourth-order valence-electron chi connectivity index (χ4n) is 1.44. The summed E-state index contributed by atoms with van der Waals surface area (Å²) in [5.74, 6) is -0.272. The van der Waals surface area contributed by atoms with E-state index < -0.39 is 0 Å². The van der Waals surface area contributed by atoms with E-state index in [-0.39, 0.29) is 17.5 Å². The van der Waals surface area contributed by atoms with Gasteiger partial charge in [-0.05, 0) is 42.0 Å². The molecule has 0 saturated carbocycles. The fraction of sp³-hybridized carbons (Fsp3) is 0.0667. The molecule has 0 aliphatic carbocycles. The van der Waals surface area contributed by atoms with Gasteiger partial charge in [-0.2, -0.15) is 5.10 Å². The Bertz CT molecular complexity index is 629. The zero-order valence-electron chi connectivity index (χ0n) is 10.9. The number of halogens is 2. The van der Waals surface area contributed by atoms with Gasteiger partial charge in [0.25, 0.3) is 0 Å². The average molecular weight is 323 g/mol. The van der Waals surface area contributed by atoms with Crippen molar-refractivity contribution >= 4 is 35.5 Å². The minimum atomic E-state index is -0.310. The largest absolute Gasteiger partial charge is 0.272 e. The minimum absolute atomic E-state index is 0.215. The summed E-state index contributed by atoms with van der Waals surface area (Å²) in [6, 6.07) is 13.1. The number of carbonyl (C=O) groups is 1. The second kappa shape index (κ2) is 7.81. The second-order valence-electron chi connectivity index (χ2n) is 4.09. The first-order valence-corrected chi connectivity index (χ1v) is 7.46. The number of hydrazone groups is 1. The number of nitrogens with one attached hydrogen (secondary N) is 1. The Morgan fingerprint density at radius 1 is 1.19 bits per heavy atom. The van der Waals surface area contributed by atoms with Gasteiger partial charge in [0.05, 0.1) is 12.0 Å². The van der Waals surface area contributed by atoms with Gasteiger partial charge >= 0.3 is 0 Å². The molecule has 1 amide bonds. The van der Waals surface area contributed by atoms with Gasteiger partial charge in [0, 0.05) is 9.92 Å². The number of nitrogens with zero attached hydrogens (tertiary/aromatic N) is 1. The van der Waals surface area contributed by atoms with E-state index in [4.69, 9.17) is 11.6 Å². The predicted molar refractivity (Wildman–Crippen MR) is 84.3 cm³/mol. The second-order valence-corrected chi connectivity index (χ2v) is 5.57. The van der Waals surface area contributed by atoms with Crippen molar-refractivity contribution in [3.8, 4) is 0 Å². The van der Waals surface area contributed by atoms with Crippen LogP contribution in [0.15, 0.2) is 58.5 Å². The molecule has 0 aliphatic heterocycles. The summed E-state index contributed by atoms with van der Waals surface area (Å²) in [6.07, 6.45) is 1.46. The summed E-state index contributed by atoms with van der Waals surface area (Å²) < 4.78 is 12.7. The first kappa shape index (κ1) is 15.5. The Morgan fingerprint density at radius 3 is 2.52 bits per heavy atom. The predicted octanol–water partition coefficient (Wildman–Crippen LogP) is 3.72. The molecule has 0 spiro atoms. The number of carbonyl (C=O) groups excluding carboxylic acids is 1. The third-order valence-electron chi connectivity index (χ3n) is 2.46. The highest BCUT2D eigenvalue weighted by molar-refractivity contribution is 8.00. The molecule has 1 N–H and O–H groups in total. The van der Waals surface area contributed by atoms with Crippen LogP contribution in [-0.2, 0) is 4.79 Å². The van der Waals surface area contributed by atoms with Crippen molar-refractivity contribution in [3.63, 3.8) is 0 Å². The van der Waals surface area contributed by atoms with Crippen LogP contribution in [0.3, 0.4) is 0 Å². The lowest BCUT2D eigenvalue weighted by atomic mass is 10.2. The third-order valence-corrected chi connectivity index (χ3v) is 3.72. The van der Waals surface area contributed by atoms with Gasteiger partial charge in [0.1, 0.15) is 5.82 Å². The standard InChI is InChI=1S/C15H12ClFN2OS/c16-12-3-7-14(8-4-12)21-10-15(20)19-18-9-11-1-5-13(17)6-2-11/h1-9H,10H2,(H,19,20)/b18-9+. The van der Waals surface area contributed by atoms with Gasteiger partial charge in [0.15, 0.2) is 0 Å². The molecule has 6 heteroatoms. The molecule has 21 heavy (non-hydrogen) atoms. The van der Waals surface area contributed by atoms with Crippen molar-refractivity contribution in [1.29, 1.82) is 0 Å². The van der Waals surface area contributed by atoms with Gasteiger partial charge in [-0.3, -0.25) is 4.79 Å². The van der Waals surface area contributed by atoms with Crippen LogP contribution < -0.4 is 5.43 Å². The van der Waals surface area contributed by atoms with E-state index in [0.29, 0.717) is 10.6 Å². The van der Waals surface area contributed by atoms with Crippen molar-refractivity contribution in [2.75, 3.05) is 5.75 Å². The average Bonchev–Trinajstić information content (AvgIpc) is 2.49. The van der Waals surface area contributed by atoms with E-state index in [9.17, 15) is 9.18 Å². The number of rotatable bonds is 5. The van der Waals surface area contributed by atoms with Gasteiger partial charge < -0.3 is 0 Å². The molecule has 2 rings (SSSR count). The van der Waals surface area contributed by atoms with E-state index in [2.05, 4.69) is 10.5 Å². The molecule has 0 unspecified atom stereocenters. The number of hydrogen-bond donors (Lipinski definition) is 1.